The molecular weight excluding hydrogens is 254 g/mol. The van der Waals surface area contributed by atoms with Crippen LogP contribution in [0.2, 0.25) is 0 Å². The van der Waals surface area contributed by atoms with Gasteiger partial charge in [0.1, 0.15) is 5.82 Å². The minimum atomic E-state index is -3.54. The molecule has 0 aliphatic carbocycles. The third-order valence-electron chi connectivity index (χ3n) is 2.85. The first-order valence-electron chi connectivity index (χ1n) is 5.58. The van der Waals surface area contributed by atoms with Gasteiger partial charge in [0.2, 0.25) is 15.9 Å². The summed E-state index contributed by atoms with van der Waals surface area (Å²) in [5.74, 6) is 0.0271. The number of sulfonamides is 1. The van der Waals surface area contributed by atoms with E-state index in [1.54, 1.807) is 12.3 Å². The molecule has 6 nitrogen and oxygen atoms in total. The molecule has 1 aliphatic heterocycles. The molecule has 98 valence electrons. The lowest BCUT2D eigenvalue weighted by Crippen LogP contribution is -2.28. The Balaban J connectivity index is 2.12. The van der Waals surface area contributed by atoms with Crippen LogP contribution in [0, 0.1) is 12.8 Å². The molecule has 0 bridgehead atoms. The minimum absolute atomic E-state index is 0.111. The number of primary sulfonamides is 1. The average molecular weight is 269 g/mol. The molecule has 0 saturated carbocycles. The zero-order valence-corrected chi connectivity index (χ0v) is 10.9. The van der Waals surface area contributed by atoms with Gasteiger partial charge in [-0.1, -0.05) is 6.07 Å². The van der Waals surface area contributed by atoms with Crippen LogP contribution in [0.25, 0.3) is 0 Å². The van der Waals surface area contributed by atoms with E-state index in [0.717, 1.165) is 5.56 Å². The molecule has 1 unspecified atom stereocenters. The van der Waals surface area contributed by atoms with Crippen molar-refractivity contribution in [2.45, 2.75) is 13.3 Å². The lowest BCUT2D eigenvalue weighted by molar-refractivity contribution is -0.117. The highest BCUT2D eigenvalue weighted by Crippen LogP contribution is 2.24. The fraction of sp³-hybridized carbons (Fsp3) is 0.455. The van der Waals surface area contributed by atoms with E-state index in [-0.39, 0.29) is 24.0 Å². The van der Waals surface area contributed by atoms with Crippen LogP contribution in [0.3, 0.4) is 0 Å². The minimum Gasteiger partial charge on any atom is -0.296 e. The van der Waals surface area contributed by atoms with Crippen molar-refractivity contribution in [3.8, 4) is 0 Å². The molecule has 1 aliphatic rings. The van der Waals surface area contributed by atoms with Crippen molar-refractivity contribution in [3.63, 3.8) is 0 Å². The topological polar surface area (TPSA) is 93.4 Å². The lowest BCUT2D eigenvalue weighted by Gasteiger charge is -2.15. The van der Waals surface area contributed by atoms with Crippen molar-refractivity contribution in [2.24, 2.45) is 11.1 Å². The number of nitrogens with zero attached hydrogens (tertiary/aromatic N) is 2. The number of anilines is 1. The van der Waals surface area contributed by atoms with E-state index in [2.05, 4.69) is 4.98 Å². The van der Waals surface area contributed by atoms with E-state index >= 15 is 0 Å². The summed E-state index contributed by atoms with van der Waals surface area (Å²) in [6, 6.07) is 3.62. The summed E-state index contributed by atoms with van der Waals surface area (Å²) in [6.45, 7) is 2.26. The van der Waals surface area contributed by atoms with Crippen LogP contribution in [-0.2, 0) is 14.8 Å². The molecule has 2 rings (SSSR count). The normalized spacial score (nSPS) is 20.4. The maximum Gasteiger partial charge on any atom is 0.228 e. The standard InChI is InChI=1S/C11H15N3O3S/c1-8-2-3-10(13-5-8)14-6-9(4-11(14)15)7-18(12,16)17/h2-3,5,9H,4,6-7H2,1H3,(H2,12,16,17). The van der Waals surface area contributed by atoms with E-state index < -0.39 is 10.0 Å². The molecule has 0 spiro atoms. The van der Waals surface area contributed by atoms with Crippen molar-refractivity contribution < 1.29 is 13.2 Å². The number of hydrogen-bond acceptors (Lipinski definition) is 4. The zero-order chi connectivity index (χ0) is 13.3. The molecule has 1 saturated heterocycles. The molecule has 0 aromatic carbocycles. The molecule has 1 atom stereocenters. The Morgan fingerprint density at radius 3 is 2.78 bits per heavy atom. The fourth-order valence-electron chi connectivity index (χ4n) is 2.06. The van der Waals surface area contributed by atoms with Crippen LogP contribution in [0.4, 0.5) is 5.82 Å². The number of rotatable bonds is 3. The largest absolute Gasteiger partial charge is 0.296 e. The van der Waals surface area contributed by atoms with E-state index in [1.165, 1.54) is 4.90 Å². The molecule has 2 heterocycles. The molecule has 0 radical (unpaired) electrons. The zero-order valence-electron chi connectivity index (χ0n) is 10.0. The van der Waals surface area contributed by atoms with Gasteiger partial charge in [0, 0.05) is 25.1 Å². The summed E-state index contributed by atoms with van der Waals surface area (Å²) in [7, 11) is -3.54. The van der Waals surface area contributed by atoms with Gasteiger partial charge in [0.05, 0.1) is 5.75 Å². The number of hydrogen-bond donors (Lipinski definition) is 1. The summed E-state index contributed by atoms with van der Waals surface area (Å²) in [4.78, 5) is 17.5. The maximum absolute atomic E-state index is 11.8. The van der Waals surface area contributed by atoms with Crippen molar-refractivity contribution in [2.75, 3.05) is 17.2 Å². The van der Waals surface area contributed by atoms with E-state index in [4.69, 9.17) is 5.14 Å². The molecule has 18 heavy (non-hydrogen) atoms. The monoisotopic (exact) mass is 269 g/mol. The second kappa shape index (κ2) is 4.66. The van der Waals surface area contributed by atoms with Crippen molar-refractivity contribution in [1.29, 1.82) is 0 Å². The van der Waals surface area contributed by atoms with Gasteiger partial charge in [-0.05, 0) is 18.6 Å². The van der Waals surface area contributed by atoms with Gasteiger partial charge in [-0.3, -0.25) is 9.69 Å². The van der Waals surface area contributed by atoms with Crippen LogP contribution in [0.5, 0.6) is 0 Å². The van der Waals surface area contributed by atoms with Gasteiger partial charge in [-0.25, -0.2) is 18.5 Å². The van der Waals surface area contributed by atoms with Crippen LogP contribution in [-0.4, -0.2) is 31.6 Å². The van der Waals surface area contributed by atoms with Gasteiger partial charge < -0.3 is 0 Å². The summed E-state index contributed by atoms with van der Waals surface area (Å²) < 4.78 is 22.0. The molecule has 1 amide bonds. The number of aromatic nitrogens is 1. The van der Waals surface area contributed by atoms with Gasteiger partial charge in [0.15, 0.2) is 0 Å². The number of amides is 1. The number of carbonyl (C=O) groups is 1. The molecule has 1 fully saturated rings. The lowest BCUT2D eigenvalue weighted by atomic mass is 10.1. The smallest absolute Gasteiger partial charge is 0.228 e. The average Bonchev–Trinajstić information content (AvgIpc) is 2.58. The first kappa shape index (κ1) is 13.0. The third kappa shape index (κ3) is 3.05. The third-order valence-corrected chi connectivity index (χ3v) is 3.78. The Morgan fingerprint density at radius 1 is 1.50 bits per heavy atom. The number of pyridine rings is 1. The van der Waals surface area contributed by atoms with E-state index in [9.17, 15) is 13.2 Å². The SMILES string of the molecule is Cc1ccc(N2CC(CS(N)(=O)=O)CC2=O)nc1. The van der Waals surface area contributed by atoms with Crippen LogP contribution in [0.15, 0.2) is 18.3 Å². The predicted molar refractivity (Wildman–Crippen MR) is 67.4 cm³/mol. The van der Waals surface area contributed by atoms with Crippen LogP contribution >= 0.6 is 0 Å². The van der Waals surface area contributed by atoms with Gasteiger partial charge in [-0.15, -0.1) is 0 Å². The second-order valence-corrected chi connectivity index (χ2v) is 6.26. The summed E-state index contributed by atoms with van der Waals surface area (Å²) in [5, 5.41) is 4.99. The molecule has 1 aromatic rings. The number of aryl methyl sites for hydroxylation is 1. The van der Waals surface area contributed by atoms with Gasteiger partial charge in [0.25, 0.3) is 0 Å². The van der Waals surface area contributed by atoms with Gasteiger partial charge in [-0.2, -0.15) is 0 Å². The second-order valence-electron chi connectivity index (χ2n) is 4.60. The quantitative estimate of drug-likeness (QED) is 0.837. The first-order chi connectivity index (χ1) is 8.35. The summed E-state index contributed by atoms with van der Waals surface area (Å²) >= 11 is 0. The van der Waals surface area contributed by atoms with Gasteiger partial charge >= 0.3 is 0 Å². The maximum atomic E-state index is 11.8. The highest BCUT2D eigenvalue weighted by molar-refractivity contribution is 7.89. The fourth-order valence-corrected chi connectivity index (χ4v) is 2.94. The Kier molecular flexibility index (Phi) is 3.36. The molecule has 7 heteroatoms. The summed E-state index contributed by atoms with van der Waals surface area (Å²) in [6.07, 6.45) is 1.88. The Hall–Kier alpha value is -1.47. The predicted octanol–water partition coefficient (Wildman–Crippen LogP) is 0.0314. The molecular formula is C11H15N3O3S. The molecule has 1 aromatic heterocycles. The molecule has 2 N–H and O–H groups in total. The highest BCUT2D eigenvalue weighted by atomic mass is 32.2. The highest BCUT2D eigenvalue weighted by Gasteiger charge is 2.33. The Morgan fingerprint density at radius 2 is 2.22 bits per heavy atom. The van der Waals surface area contributed by atoms with E-state index in [0.29, 0.717) is 12.4 Å². The Labute approximate surface area is 106 Å². The van der Waals surface area contributed by atoms with Crippen molar-refractivity contribution in [3.05, 3.63) is 23.9 Å². The summed E-state index contributed by atoms with van der Waals surface area (Å²) in [5.41, 5.74) is 1.01. The number of carbonyl (C=O) groups excluding carboxylic acids is 1. The van der Waals surface area contributed by atoms with Crippen molar-refractivity contribution >= 4 is 21.7 Å². The van der Waals surface area contributed by atoms with Crippen LogP contribution in [0.1, 0.15) is 12.0 Å². The van der Waals surface area contributed by atoms with Crippen molar-refractivity contribution in [1.82, 2.24) is 4.98 Å². The van der Waals surface area contributed by atoms with Crippen LogP contribution < -0.4 is 10.0 Å². The first-order valence-corrected chi connectivity index (χ1v) is 7.30. The number of nitrogens with two attached hydrogens (primary N) is 1. The van der Waals surface area contributed by atoms with E-state index in [1.807, 2.05) is 13.0 Å². The Bertz CT molecular complexity index is 553.